The molecule has 0 bridgehead atoms. The first kappa shape index (κ1) is 17.5. The van der Waals surface area contributed by atoms with Crippen molar-refractivity contribution in [2.45, 2.75) is 19.8 Å². The lowest BCUT2D eigenvalue weighted by Crippen LogP contribution is -2.18. The molecular formula is C15H16ClN3O3. The van der Waals surface area contributed by atoms with Crippen LogP contribution >= 0.6 is 11.6 Å². The first-order valence-electron chi connectivity index (χ1n) is 6.57. The van der Waals surface area contributed by atoms with Crippen LogP contribution in [-0.2, 0) is 9.59 Å². The first-order valence-corrected chi connectivity index (χ1v) is 6.95. The van der Waals surface area contributed by atoms with Crippen molar-refractivity contribution in [1.29, 1.82) is 5.26 Å². The first-order chi connectivity index (χ1) is 10.5. The third-order valence-electron chi connectivity index (χ3n) is 2.84. The molecule has 1 aromatic rings. The monoisotopic (exact) mass is 321 g/mol. The van der Waals surface area contributed by atoms with Crippen LogP contribution in [0.1, 0.15) is 18.4 Å². The zero-order chi connectivity index (χ0) is 16.5. The molecule has 0 atom stereocenters. The molecule has 1 rings (SSSR count). The molecule has 0 aliphatic heterocycles. The summed E-state index contributed by atoms with van der Waals surface area (Å²) in [7, 11) is 0. The zero-order valence-corrected chi connectivity index (χ0v) is 12.8. The van der Waals surface area contributed by atoms with Crippen LogP contribution in [-0.4, -0.2) is 23.5 Å². The van der Waals surface area contributed by atoms with Gasteiger partial charge >= 0.3 is 5.97 Å². The smallest absolute Gasteiger partial charge is 0.303 e. The molecule has 0 saturated heterocycles. The number of amides is 1. The number of hydrogen-bond donors (Lipinski definition) is 3. The van der Waals surface area contributed by atoms with Gasteiger partial charge in [-0.3, -0.25) is 9.59 Å². The van der Waals surface area contributed by atoms with Gasteiger partial charge in [-0.15, -0.1) is 0 Å². The maximum atomic E-state index is 12.0. The summed E-state index contributed by atoms with van der Waals surface area (Å²) < 4.78 is 0. The summed E-state index contributed by atoms with van der Waals surface area (Å²) in [6.45, 7) is 2.12. The molecular weight excluding hydrogens is 306 g/mol. The summed E-state index contributed by atoms with van der Waals surface area (Å²) in [5.41, 5.74) is 1.14. The Morgan fingerprint density at radius 2 is 2.18 bits per heavy atom. The van der Waals surface area contributed by atoms with E-state index in [0.29, 0.717) is 29.2 Å². The van der Waals surface area contributed by atoms with E-state index in [1.807, 2.05) is 0 Å². The molecule has 3 N–H and O–H groups in total. The molecule has 1 amide bonds. The van der Waals surface area contributed by atoms with Crippen LogP contribution in [0.4, 0.5) is 5.69 Å². The summed E-state index contributed by atoms with van der Waals surface area (Å²) in [6, 6.07) is 6.89. The summed E-state index contributed by atoms with van der Waals surface area (Å²) >= 11 is 5.96. The number of benzene rings is 1. The largest absolute Gasteiger partial charge is 0.481 e. The highest BCUT2D eigenvalue weighted by atomic mass is 35.5. The van der Waals surface area contributed by atoms with Gasteiger partial charge in [-0.05, 0) is 31.0 Å². The van der Waals surface area contributed by atoms with Gasteiger partial charge in [0, 0.05) is 29.9 Å². The highest BCUT2D eigenvalue weighted by Crippen LogP contribution is 2.23. The number of rotatable bonds is 7. The molecule has 0 radical (unpaired) electrons. The van der Waals surface area contributed by atoms with E-state index in [9.17, 15) is 9.59 Å². The molecule has 0 aliphatic carbocycles. The van der Waals surface area contributed by atoms with Crippen molar-refractivity contribution in [2.24, 2.45) is 0 Å². The number of nitrogens with zero attached hydrogens (tertiary/aromatic N) is 1. The Kier molecular flexibility index (Phi) is 6.93. The fraction of sp³-hybridized carbons (Fsp3) is 0.267. The van der Waals surface area contributed by atoms with Gasteiger partial charge in [0.1, 0.15) is 11.6 Å². The zero-order valence-electron chi connectivity index (χ0n) is 12.0. The maximum Gasteiger partial charge on any atom is 0.303 e. The van der Waals surface area contributed by atoms with E-state index < -0.39 is 11.9 Å². The van der Waals surface area contributed by atoms with Gasteiger partial charge in [0.2, 0.25) is 0 Å². The number of hydrogen-bond acceptors (Lipinski definition) is 4. The molecule has 0 unspecified atom stereocenters. The fourth-order valence-electron chi connectivity index (χ4n) is 1.60. The number of aliphatic carboxylic acids is 1. The SMILES string of the molecule is Cc1c(Cl)cccc1NC(=O)/C(C#N)=C\NCCCC(=O)O. The molecule has 22 heavy (non-hydrogen) atoms. The molecule has 0 saturated carbocycles. The minimum absolute atomic E-state index is 0.0244. The molecule has 0 heterocycles. The van der Waals surface area contributed by atoms with Crippen molar-refractivity contribution in [1.82, 2.24) is 5.32 Å². The number of nitrogens with one attached hydrogen (secondary N) is 2. The van der Waals surface area contributed by atoms with Crippen LogP contribution in [0.25, 0.3) is 0 Å². The minimum Gasteiger partial charge on any atom is -0.481 e. The van der Waals surface area contributed by atoms with Gasteiger partial charge in [-0.2, -0.15) is 5.26 Å². The summed E-state index contributed by atoms with van der Waals surface area (Å²) in [5.74, 6) is -1.45. The number of carbonyl (C=O) groups is 2. The molecule has 0 spiro atoms. The topological polar surface area (TPSA) is 102 Å². The molecule has 6 nitrogen and oxygen atoms in total. The standard InChI is InChI=1S/C15H16ClN3O3/c1-10-12(16)4-2-5-13(10)19-15(22)11(8-17)9-18-7-3-6-14(20)21/h2,4-5,9,18H,3,6-7H2,1H3,(H,19,22)(H,20,21)/b11-9-. The van der Waals surface area contributed by atoms with Crippen LogP contribution in [0, 0.1) is 18.3 Å². The molecule has 0 aromatic heterocycles. The van der Waals surface area contributed by atoms with Crippen LogP contribution in [0.3, 0.4) is 0 Å². The fourth-order valence-corrected chi connectivity index (χ4v) is 1.77. The van der Waals surface area contributed by atoms with Gasteiger partial charge in [0.15, 0.2) is 0 Å². The number of carboxylic acids is 1. The molecule has 1 aromatic carbocycles. The molecule has 7 heteroatoms. The number of anilines is 1. The molecule has 116 valence electrons. The van der Waals surface area contributed by atoms with E-state index in [1.54, 1.807) is 31.2 Å². The van der Waals surface area contributed by atoms with Crippen molar-refractivity contribution in [2.75, 3.05) is 11.9 Å². The van der Waals surface area contributed by atoms with E-state index in [4.69, 9.17) is 22.0 Å². The Balaban J connectivity index is 2.63. The Bertz CT molecular complexity index is 635. The third kappa shape index (κ3) is 5.46. The van der Waals surface area contributed by atoms with Crippen LogP contribution in [0.2, 0.25) is 5.02 Å². The van der Waals surface area contributed by atoms with E-state index in [2.05, 4.69) is 10.6 Å². The van der Waals surface area contributed by atoms with Crippen molar-refractivity contribution in [3.8, 4) is 6.07 Å². The van der Waals surface area contributed by atoms with Gasteiger partial charge in [-0.25, -0.2) is 0 Å². The summed E-state index contributed by atoms with van der Waals surface area (Å²) in [6.07, 6.45) is 1.70. The number of carboxylic acid groups (broad SMARTS) is 1. The summed E-state index contributed by atoms with van der Waals surface area (Å²) in [4.78, 5) is 22.4. The van der Waals surface area contributed by atoms with Crippen molar-refractivity contribution < 1.29 is 14.7 Å². The van der Waals surface area contributed by atoms with Crippen molar-refractivity contribution in [3.05, 3.63) is 40.6 Å². The highest BCUT2D eigenvalue weighted by molar-refractivity contribution is 6.31. The van der Waals surface area contributed by atoms with Crippen molar-refractivity contribution >= 4 is 29.2 Å². The second-order valence-electron chi connectivity index (χ2n) is 4.49. The summed E-state index contributed by atoms with van der Waals surface area (Å²) in [5, 5.41) is 23.4. The second-order valence-corrected chi connectivity index (χ2v) is 4.89. The minimum atomic E-state index is -0.888. The van der Waals surface area contributed by atoms with Crippen LogP contribution in [0.5, 0.6) is 0 Å². The lowest BCUT2D eigenvalue weighted by molar-refractivity contribution is -0.137. The van der Waals surface area contributed by atoms with Gasteiger partial charge in [0.05, 0.1) is 0 Å². The Hall–Kier alpha value is -2.52. The average Bonchev–Trinajstić information content (AvgIpc) is 2.47. The third-order valence-corrected chi connectivity index (χ3v) is 3.25. The Morgan fingerprint density at radius 1 is 1.45 bits per heavy atom. The van der Waals surface area contributed by atoms with E-state index >= 15 is 0 Å². The highest BCUT2D eigenvalue weighted by Gasteiger charge is 2.11. The number of nitriles is 1. The van der Waals surface area contributed by atoms with Gasteiger partial charge < -0.3 is 15.7 Å². The Morgan fingerprint density at radius 3 is 2.82 bits per heavy atom. The molecule has 0 aliphatic rings. The van der Waals surface area contributed by atoms with E-state index in [1.165, 1.54) is 6.20 Å². The molecule has 0 fully saturated rings. The van der Waals surface area contributed by atoms with Crippen molar-refractivity contribution in [3.63, 3.8) is 0 Å². The van der Waals surface area contributed by atoms with Gasteiger partial charge in [-0.1, -0.05) is 17.7 Å². The number of halogens is 1. The Labute approximate surface area is 133 Å². The lowest BCUT2D eigenvalue weighted by atomic mass is 10.2. The predicted octanol–water partition coefficient (Wildman–Crippen LogP) is 2.45. The maximum absolute atomic E-state index is 12.0. The second kappa shape index (κ2) is 8.70. The lowest BCUT2D eigenvalue weighted by Gasteiger charge is -2.09. The predicted molar refractivity (Wildman–Crippen MR) is 83.4 cm³/mol. The van der Waals surface area contributed by atoms with Gasteiger partial charge in [0.25, 0.3) is 5.91 Å². The average molecular weight is 322 g/mol. The normalized spacial score (nSPS) is 10.7. The quantitative estimate of drug-likeness (QED) is 0.406. The van der Waals surface area contributed by atoms with Crippen LogP contribution < -0.4 is 10.6 Å². The van der Waals surface area contributed by atoms with Crippen LogP contribution in [0.15, 0.2) is 30.0 Å². The number of carbonyl (C=O) groups excluding carboxylic acids is 1. The van der Waals surface area contributed by atoms with E-state index in [0.717, 1.165) is 0 Å². The van der Waals surface area contributed by atoms with E-state index in [-0.39, 0.29) is 12.0 Å².